The van der Waals surface area contributed by atoms with E-state index in [9.17, 15) is 24.3 Å². The van der Waals surface area contributed by atoms with Crippen LogP contribution in [-0.2, 0) is 25.8 Å². The van der Waals surface area contributed by atoms with Gasteiger partial charge in [-0.3, -0.25) is 19.3 Å². The Balaban J connectivity index is 1.47. The van der Waals surface area contributed by atoms with E-state index in [1.807, 2.05) is 0 Å². The second kappa shape index (κ2) is 11.4. The summed E-state index contributed by atoms with van der Waals surface area (Å²) in [5.41, 5.74) is 11.3. The van der Waals surface area contributed by atoms with Crippen molar-refractivity contribution >= 4 is 57.8 Å². The summed E-state index contributed by atoms with van der Waals surface area (Å²) in [6.07, 6.45) is 6.74. The highest BCUT2D eigenvalue weighted by atomic mass is 32.2. The first-order valence-electron chi connectivity index (χ1n) is 11.2. The van der Waals surface area contributed by atoms with Crippen molar-refractivity contribution in [2.45, 2.75) is 24.9 Å². The zero-order chi connectivity index (χ0) is 27.4. The number of oxime groups is 1. The van der Waals surface area contributed by atoms with Crippen molar-refractivity contribution in [3.05, 3.63) is 59.3 Å². The van der Waals surface area contributed by atoms with Gasteiger partial charge in [-0.05, 0) is 18.6 Å². The lowest BCUT2D eigenvalue weighted by molar-refractivity contribution is -0.687. The van der Waals surface area contributed by atoms with Crippen molar-refractivity contribution < 1.29 is 33.7 Å². The Morgan fingerprint density at radius 2 is 2.11 bits per heavy atom. The molecule has 38 heavy (non-hydrogen) atoms. The van der Waals surface area contributed by atoms with Gasteiger partial charge in [0, 0.05) is 29.4 Å². The highest BCUT2D eigenvalue weighted by Gasteiger charge is 2.54. The van der Waals surface area contributed by atoms with E-state index in [4.69, 9.17) is 16.3 Å². The molecule has 0 saturated carbocycles. The van der Waals surface area contributed by atoms with Gasteiger partial charge in [-0.1, -0.05) is 11.2 Å². The Bertz CT molecular complexity index is 1370. The van der Waals surface area contributed by atoms with Gasteiger partial charge < -0.3 is 26.7 Å². The minimum atomic E-state index is -1.26. The molecule has 0 aromatic carbocycles. The van der Waals surface area contributed by atoms with Gasteiger partial charge >= 0.3 is 5.97 Å². The van der Waals surface area contributed by atoms with Crippen LogP contribution in [0.25, 0.3) is 0 Å². The Kier molecular flexibility index (Phi) is 8.02. The molecular weight excluding hydrogens is 536 g/mol. The molecule has 0 aliphatic carbocycles. The first-order chi connectivity index (χ1) is 18.2. The number of hydrogen-bond donors (Lipinski definition) is 4. The van der Waals surface area contributed by atoms with Crippen LogP contribution in [0.4, 0.5) is 5.13 Å². The number of primary amides is 1. The Morgan fingerprint density at radius 1 is 1.37 bits per heavy atom. The molecule has 4 heterocycles. The Hall–Kier alpha value is -4.31. The molecule has 6 N–H and O–H groups in total. The Labute approximate surface area is 224 Å². The first kappa shape index (κ1) is 26.7. The van der Waals surface area contributed by atoms with Gasteiger partial charge in [-0.25, -0.2) is 9.36 Å². The number of thioether (sulfide) groups is 1. The van der Waals surface area contributed by atoms with E-state index >= 15 is 0 Å². The molecule has 14 nitrogen and oxygen atoms in total. The number of carboxylic acid groups (broad SMARTS) is 1. The number of amides is 3. The molecule has 0 bridgehead atoms. The van der Waals surface area contributed by atoms with Crippen molar-refractivity contribution in [2.24, 2.45) is 10.9 Å². The minimum Gasteiger partial charge on any atom is -0.477 e. The summed E-state index contributed by atoms with van der Waals surface area (Å²) in [6, 6.07) is 2.18. The quantitative estimate of drug-likeness (QED) is 0.124. The van der Waals surface area contributed by atoms with Gasteiger partial charge in [0.2, 0.25) is 17.4 Å². The number of hydrogen-bond acceptors (Lipinski definition) is 11. The number of allylic oxidation sites excluding steroid dienone is 2. The number of nitrogens with one attached hydrogen (secondary N) is 1. The lowest BCUT2D eigenvalue weighted by Crippen LogP contribution is -2.71. The average molecular weight is 560 g/mol. The second-order valence-corrected chi connectivity index (χ2v) is 9.79. The largest absolute Gasteiger partial charge is 0.477 e. The van der Waals surface area contributed by atoms with Crippen LogP contribution in [0.1, 0.15) is 23.1 Å². The summed E-state index contributed by atoms with van der Waals surface area (Å²) < 4.78 is 5.74. The van der Waals surface area contributed by atoms with Crippen LogP contribution >= 0.6 is 23.3 Å². The van der Waals surface area contributed by atoms with Gasteiger partial charge in [0.05, 0.1) is 5.56 Å². The van der Waals surface area contributed by atoms with E-state index in [1.165, 1.54) is 11.8 Å². The van der Waals surface area contributed by atoms with Crippen LogP contribution in [0.2, 0.25) is 0 Å². The zero-order valence-electron chi connectivity index (χ0n) is 19.9. The van der Waals surface area contributed by atoms with Crippen LogP contribution < -0.4 is 21.4 Å². The average Bonchev–Trinajstić information content (AvgIpc) is 3.32. The normalized spacial score (nSPS) is 19.2. The fraction of sp³-hybridized carbons (Fsp3) is 0.273. The number of fused-ring (bicyclic) bond motifs is 1. The van der Waals surface area contributed by atoms with Gasteiger partial charge in [-0.15, -0.1) is 11.8 Å². The van der Waals surface area contributed by atoms with Crippen LogP contribution in [0.15, 0.2) is 53.1 Å². The maximum atomic E-state index is 13.0. The molecule has 2 aliphatic rings. The molecule has 2 aromatic heterocycles. The first-order valence-corrected chi connectivity index (χ1v) is 13.0. The minimum absolute atomic E-state index is 0.0425. The van der Waals surface area contributed by atoms with Crippen LogP contribution in [0, 0.1) is 0 Å². The summed E-state index contributed by atoms with van der Waals surface area (Å²) in [5, 5.41) is 15.7. The topological polar surface area (TPSA) is 207 Å². The Morgan fingerprint density at radius 3 is 2.71 bits per heavy atom. The van der Waals surface area contributed by atoms with Crippen molar-refractivity contribution in [3.63, 3.8) is 0 Å². The number of nitrogen functional groups attached to an aromatic ring is 1. The van der Waals surface area contributed by atoms with E-state index in [1.54, 1.807) is 48.2 Å². The summed E-state index contributed by atoms with van der Waals surface area (Å²) in [7, 11) is 0. The smallest absolute Gasteiger partial charge is 0.352 e. The number of β-lactam (4-membered cyclic amide) rings is 1. The highest BCUT2D eigenvalue weighted by molar-refractivity contribution is 8.00. The molecule has 3 amide bonds. The molecule has 198 valence electrons. The standard InChI is InChI=1S/C22H22N8O6S2/c1-2-36-27-13(17-26-22(24)38-28-17)18(32)25-14-19(33)30-15(21(34)35)12(10-37-20(14)30)4-3-7-29-8-5-11(6-9-29)16(23)31/h3-6,8-9,14,20H,2,7,10H2,1H3,(H5-,23,24,25,26,28,31,32,34,35)/p+1/t14?,20-/m1/s1. The zero-order valence-corrected chi connectivity index (χ0v) is 21.6. The number of carbonyl (C=O) groups is 4. The van der Waals surface area contributed by atoms with Gasteiger partial charge in [0.25, 0.3) is 11.8 Å². The number of rotatable bonds is 10. The van der Waals surface area contributed by atoms with Crippen molar-refractivity contribution in [3.8, 4) is 0 Å². The summed E-state index contributed by atoms with van der Waals surface area (Å²) in [6.45, 7) is 2.26. The number of carbonyl (C=O) groups excluding carboxylic acids is 3. The fourth-order valence-corrected chi connectivity index (χ4v) is 5.44. The number of aliphatic carboxylic acids is 1. The SMILES string of the molecule is CCON=C(C(=O)NC1C(=O)N2C(C(=O)O)=C(C=CC[n+]3ccc(C(N)=O)cc3)CS[C@H]12)c1nsc(N)n1. The van der Waals surface area contributed by atoms with E-state index in [0.717, 1.165) is 16.4 Å². The van der Waals surface area contributed by atoms with Crippen molar-refractivity contribution in [1.82, 2.24) is 19.6 Å². The second-order valence-electron chi connectivity index (χ2n) is 7.90. The highest BCUT2D eigenvalue weighted by Crippen LogP contribution is 2.40. The molecule has 1 saturated heterocycles. The van der Waals surface area contributed by atoms with Crippen LogP contribution in [-0.4, -0.2) is 72.5 Å². The predicted octanol–water partition coefficient (Wildman–Crippen LogP) is -0.758. The predicted molar refractivity (Wildman–Crippen MR) is 136 cm³/mol. The lowest BCUT2D eigenvalue weighted by atomic mass is 10.0. The molecule has 1 fully saturated rings. The summed E-state index contributed by atoms with van der Waals surface area (Å²) >= 11 is 2.19. The van der Waals surface area contributed by atoms with Gasteiger partial charge in [0.1, 0.15) is 23.7 Å². The number of nitrogens with two attached hydrogens (primary N) is 2. The maximum absolute atomic E-state index is 13.0. The van der Waals surface area contributed by atoms with Crippen molar-refractivity contribution in [1.29, 1.82) is 0 Å². The third-order valence-electron chi connectivity index (χ3n) is 5.45. The molecule has 16 heteroatoms. The molecule has 0 radical (unpaired) electrons. The van der Waals surface area contributed by atoms with Gasteiger partial charge in [-0.2, -0.15) is 9.36 Å². The van der Waals surface area contributed by atoms with E-state index in [0.29, 0.717) is 23.4 Å². The number of anilines is 1. The number of carboxylic acids is 1. The molecular formula is C22H23N8O6S2+. The third kappa shape index (κ3) is 5.50. The van der Waals surface area contributed by atoms with E-state index in [-0.39, 0.29) is 29.0 Å². The fourth-order valence-electron chi connectivity index (χ4n) is 3.68. The summed E-state index contributed by atoms with van der Waals surface area (Å²) in [5.74, 6) is -2.86. The molecule has 0 spiro atoms. The lowest BCUT2D eigenvalue weighted by Gasteiger charge is -2.49. The molecule has 2 atom stereocenters. The van der Waals surface area contributed by atoms with E-state index in [2.05, 4.69) is 19.8 Å². The third-order valence-corrected chi connectivity index (χ3v) is 7.30. The molecule has 4 rings (SSSR count). The van der Waals surface area contributed by atoms with Crippen LogP contribution in [0.3, 0.4) is 0 Å². The number of aromatic nitrogens is 3. The molecule has 2 aromatic rings. The summed E-state index contributed by atoms with van der Waals surface area (Å²) in [4.78, 5) is 59.3. The monoisotopic (exact) mass is 559 g/mol. The van der Waals surface area contributed by atoms with Crippen molar-refractivity contribution in [2.75, 3.05) is 18.1 Å². The molecule has 1 unspecified atom stereocenters. The van der Waals surface area contributed by atoms with E-state index < -0.39 is 35.1 Å². The maximum Gasteiger partial charge on any atom is 0.352 e. The molecule has 2 aliphatic heterocycles. The van der Waals surface area contributed by atoms with Gasteiger partial charge in [0.15, 0.2) is 24.1 Å². The number of pyridine rings is 1. The number of nitrogens with zero attached hydrogens (tertiary/aromatic N) is 5. The van der Waals surface area contributed by atoms with Crippen LogP contribution in [0.5, 0.6) is 0 Å².